The Bertz CT molecular complexity index is 287. The van der Waals surface area contributed by atoms with Gasteiger partial charge in [-0.25, -0.2) is 0 Å². The molecule has 5 heteroatoms. The second kappa shape index (κ2) is 8.49. The molecule has 0 saturated heterocycles. The molecule has 0 N–H and O–H groups in total. The number of rotatable bonds is 11. The molecule has 108 valence electrons. The second-order valence-electron chi connectivity index (χ2n) is 5.68. The highest BCUT2D eigenvalue weighted by Gasteiger charge is 2.22. The van der Waals surface area contributed by atoms with E-state index in [1.165, 1.54) is 0 Å². The van der Waals surface area contributed by atoms with Gasteiger partial charge in [0.2, 0.25) is 0 Å². The SMILES string of the molecule is [B]C(C)(CCOC(C)(C)CCC(C)=O)OCCC=O. The number of hydrogen-bond acceptors (Lipinski definition) is 4. The zero-order valence-electron chi connectivity index (χ0n) is 12.5. The predicted molar refractivity (Wildman–Crippen MR) is 75.4 cm³/mol. The average molecular weight is 268 g/mol. The van der Waals surface area contributed by atoms with Crippen LogP contribution in [0.25, 0.3) is 0 Å². The third-order valence-electron chi connectivity index (χ3n) is 2.84. The van der Waals surface area contributed by atoms with Gasteiger partial charge in [-0.1, -0.05) is 0 Å². The monoisotopic (exact) mass is 268 g/mol. The maximum absolute atomic E-state index is 10.9. The van der Waals surface area contributed by atoms with Crippen LogP contribution in [0.3, 0.4) is 0 Å². The van der Waals surface area contributed by atoms with Crippen molar-refractivity contribution in [2.45, 2.75) is 64.5 Å². The molecular weight excluding hydrogens is 243 g/mol. The average Bonchev–Trinajstić information content (AvgIpc) is 2.26. The lowest BCUT2D eigenvalue weighted by molar-refractivity contribution is -0.119. The lowest BCUT2D eigenvalue weighted by Crippen LogP contribution is -2.34. The van der Waals surface area contributed by atoms with Gasteiger partial charge in [-0.2, -0.15) is 0 Å². The van der Waals surface area contributed by atoms with E-state index in [1.54, 1.807) is 13.8 Å². The van der Waals surface area contributed by atoms with Crippen molar-refractivity contribution in [1.29, 1.82) is 0 Å². The maximum Gasteiger partial charge on any atom is 0.129 e. The van der Waals surface area contributed by atoms with Gasteiger partial charge in [-0.15, -0.1) is 0 Å². The molecule has 4 nitrogen and oxygen atoms in total. The van der Waals surface area contributed by atoms with Crippen LogP contribution in [0.15, 0.2) is 0 Å². The molecule has 19 heavy (non-hydrogen) atoms. The van der Waals surface area contributed by atoms with Gasteiger partial charge in [0.15, 0.2) is 0 Å². The summed E-state index contributed by atoms with van der Waals surface area (Å²) < 4.78 is 11.1. The topological polar surface area (TPSA) is 52.6 Å². The number of Topliss-reactive ketones (excluding diaryl/α,β-unsaturated/α-hetero) is 1. The van der Waals surface area contributed by atoms with Crippen molar-refractivity contribution in [2.75, 3.05) is 13.2 Å². The summed E-state index contributed by atoms with van der Waals surface area (Å²) in [5, 5.41) is 0. The molecule has 0 bridgehead atoms. The van der Waals surface area contributed by atoms with Gasteiger partial charge in [0.05, 0.1) is 12.2 Å². The Kier molecular flexibility index (Phi) is 8.19. The number of carbonyl (C=O) groups excluding carboxylic acids is 2. The Hall–Kier alpha value is -0.675. The fourth-order valence-electron chi connectivity index (χ4n) is 1.49. The minimum atomic E-state index is -0.792. The summed E-state index contributed by atoms with van der Waals surface area (Å²) in [4.78, 5) is 21.1. The van der Waals surface area contributed by atoms with Gasteiger partial charge in [-0.05, 0) is 40.5 Å². The van der Waals surface area contributed by atoms with Crippen LogP contribution in [0.5, 0.6) is 0 Å². The Morgan fingerprint density at radius 3 is 2.32 bits per heavy atom. The fraction of sp³-hybridized carbons (Fsp3) is 0.857. The van der Waals surface area contributed by atoms with Crippen LogP contribution in [0.2, 0.25) is 0 Å². The quantitative estimate of drug-likeness (QED) is 0.327. The molecule has 0 aliphatic heterocycles. The molecule has 0 aliphatic rings. The van der Waals surface area contributed by atoms with E-state index in [4.69, 9.17) is 17.3 Å². The van der Waals surface area contributed by atoms with Crippen LogP contribution < -0.4 is 0 Å². The lowest BCUT2D eigenvalue weighted by Gasteiger charge is -2.30. The van der Waals surface area contributed by atoms with Crippen molar-refractivity contribution in [3.63, 3.8) is 0 Å². The smallest absolute Gasteiger partial charge is 0.129 e. The summed E-state index contributed by atoms with van der Waals surface area (Å²) in [6, 6.07) is 0. The molecule has 1 atom stereocenters. The van der Waals surface area contributed by atoms with Gasteiger partial charge in [0, 0.05) is 24.9 Å². The van der Waals surface area contributed by atoms with Crippen molar-refractivity contribution < 1.29 is 19.1 Å². The van der Waals surface area contributed by atoms with Crippen molar-refractivity contribution in [1.82, 2.24) is 0 Å². The largest absolute Gasteiger partial charge is 0.385 e. The molecule has 0 spiro atoms. The van der Waals surface area contributed by atoms with Crippen LogP contribution in [-0.2, 0) is 19.1 Å². The van der Waals surface area contributed by atoms with Gasteiger partial charge in [0.25, 0.3) is 0 Å². The molecule has 0 aliphatic carbocycles. The number of ketones is 1. The summed E-state index contributed by atoms with van der Waals surface area (Å²) in [6.07, 6.45) is 2.89. The van der Waals surface area contributed by atoms with E-state index in [1.807, 2.05) is 13.8 Å². The zero-order valence-corrected chi connectivity index (χ0v) is 12.5. The molecule has 2 radical (unpaired) electrons. The van der Waals surface area contributed by atoms with Gasteiger partial charge in [-0.3, -0.25) is 0 Å². The molecular formula is C14H25BO4. The van der Waals surface area contributed by atoms with E-state index >= 15 is 0 Å². The molecule has 1 unspecified atom stereocenters. The van der Waals surface area contributed by atoms with Crippen molar-refractivity contribution >= 4 is 19.9 Å². The van der Waals surface area contributed by atoms with Crippen LogP contribution in [0.1, 0.15) is 53.4 Å². The first kappa shape index (κ1) is 18.3. The van der Waals surface area contributed by atoms with Gasteiger partial charge in [0.1, 0.15) is 19.9 Å². The van der Waals surface area contributed by atoms with Crippen LogP contribution in [0, 0.1) is 0 Å². The highest BCUT2D eigenvalue weighted by Crippen LogP contribution is 2.19. The number of hydrogen-bond donors (Lipinski definition) is 0. The fourth-order valence-corrected chi connectivity index (χ4v) is 1.49. The van der Waals surface area contributed by atoms with Crippen molar-refractivity contribution in [3.05, 3.63) is 0 Å². The molecule has 0 rings (SSSR count). The van der Waals surface area contributed by atoms with E-state index in [2.05, 4.69) is 0 Å². The molecule has 0 saturated carbocycles. The molecule has 0 aromatic rings. The Balaban J connectivity index is 3.92. The van der Waals surface area contributed by atoms with Gasteiger partial charge >= 0.3 is 0 Å². The molecule has 0 aromatic carbocycles. The second-order valence-corrected chi connectivity index (χ2v) is 5.68. The minimum absolute atomic E-state index is 0.164. The summed E-state index contributed by atoms with van der Waals surface area (Å²) in [5.74, 6) is 0.164. The first-order chi connectivity index (χ1) is 8.68. The van der Waals surface area contributed by atoms with Gasteiger partial charge < -0.3 is 19.1 Å². The van der Waals surface area contributed by atoms with E-state index in [-0.39, 0.29) is 11.4 Å². The number of carbonyl (C=O) groups is 2. The lowest BCUT2D eigenvalue weighted by atomic mass is 9.80. The minimum Gasteiger partial charge on any atom is -0.385 e. The first-order valence-corrected chi connectivity index (χ1v) is 6.68. The van der Waals surface area contributed by atoms with E-state index in [0.717, 1.165) is 6.29 Å². The standard InChI is InChI=1S/C14H25BO4/c1-12(17)6-7-13(2,3)18-11-8-14(4,15)19-10-5-9-16/h9H,5-8,10-11H2,1-4H3. The molecule has 0 fully saturated rings. The first-order valence-electron chi connectivity index (χ1n) is 6.68. The van der Waals surface area contributed by atoms with Crippen molar-refractivity contribution in [2.24, 2.45) is 0 Å². The van der Waals surface area contributed by atoms with Crippen LogP contribution >= 0.6 is 0 Å². The molecule has 0 aromatic heterocycles. The summed E-state index contributed by atoms with van der Waals surface area (Å²) in [6.45, 7) is 8.04. The summed E-state index contributed by atoms with van der Waals surface area (Å²) >= 11 is 0. The third kappa shape index (κ3) is 10.9. The van der Waals surface area contributed by atoms with Crippen LogP contribution in [0.4, 0.5) is 0 Å². The summed E-state index contributed by atoms with van der Waals surface area (Å²) in [5.41, 5.74) is -1.13. The highest BCUT2D eigenvalue weighted by molar-refractivity contribution is 6.14. The molecule has 0 heterocycles. The maximum atomic E-state index is 10.9. The highest BCUT2D eigenvalue weighted by atomic mass is 16.5. The summed E-state index contributed by atoms with van der Waals surface area (Å²) in [7, 11) is 5.94. The number of aldehydes is 1. The third-order valence-corrected chi connectivity index (χ3v) is 2.84. The van der Waals surface area contributed by atoms with E-state index in [9.17, 15) is 9.59 Å². The Morgan fingerprint density at radius 1 is 1.16 bits per heavy atom. The zero-order chi connectivity index (χ0) is 14.9. The molecule has 0 amide bonds. The van der Waals surface area contributed by atoms with E-state index < -0.39 is 5.50 Å². The Morgan fingerprint density at radius 2 is 1.79 bits per heavy atom. The predicted octanol–water partition coefficient (Wildman–Crippen LogP) is 2.03. The normalized spacial score (nSPS) is 14.9. The van der Waals surface area contributed by atoms with Crippen LogP contribution in [-0.4, -0.2) is 44.2 Å². The Labute approximate surface area is 117 Å². The van der Waals surface area contributed by atoms with E-state index in [0.29, 0.717) is 38.9 Å². The van der Waals surface area contributed by atoms with Crippen molar-refractivity contribution in [3.8, 4) is 0 Å². The number of ether oxygens (including phenoxy) is 2.